The molecule has 0 aromatic rings. The molecule has 0 fully saturated rings. The molecule has 0 spiro atoms. The quantitative estimate of drug-likeness (QED) is 0.0112. The van der Waals surface area contributed by atoms with E-state index < -0.39 is 76.7 Å². The molecule has 0 aromatic carbocycles. The van der Waals surface area contributed by atoms with Gasteiger partial charge in [0.15, 0.2) is 6.10 Å². The summed E-state index contributed by atoms with van der Waals surface area (Å²) in [6.45, 7) is 1.77. The number of carbonyl (C=O) groups excluding carboxylic acids is 2. The Hall–Kier alpha value is -2.71. The minimum Gasteiger partial charge on any atom is -0.462 e. The molecule has 0 heterocycles. The lowest BCUT2D eigenvalue weighted by Crippen LogP contribution is -2.30. The van der Waals surface area contributed by atoms with Crippen molar-refractivity contribution in [2.45, 2.75) is 179 Å². The van der Waals surface area contributed by atoms with Crippen LogP contribution in [0.3, 0.4) is 0 Å². The van der Waals surface area contributed by atoms with E-state index in [4.69, 9.17) is 19.1 Å². The van der Waals surface area contributed by atoms with Gasteiger partial charge in [0.1, 0.15) is 12.7 Å². The number of phosphoric ester groups is 1. The van der Waals surface area contributed by atoms with Crippen LogP contribution >= 0.6 is 7.82 Å². The van der Waals surface area contributed by atoms with Crippen molar-refractivity contribution in [2.24, 2.45) is 0 Å². The SMILES string of the molecule is CC/C=C\C[C@H](O)/C=C/C=C/C=C\C=C/[C@@H](O)[C@H](O)CCCC(=O)O[C@H](COC(=O)CCCCCCCCC/C=C\CCCCCCCC)COP(=O)(O)OC[C@@H](O)CO. The van der Waals surface area contributed by atoms with Crippen molar-refractivity contribution in [1.29, 1.82) is 0 Å². The largest absolute Gasteiger partial charge is 0.472 e. The van der Waals surface area contributed by atoms with Crippen molar-refractivity contribution in [1.82, 2.24) is 0 Å². The summed E-state index contributed by atoms with van der Waals surface area (Å²) in [5.74, 6) is -1.27. The molecule has 6 N–H and O–H groups in total. The molecule has 13 nitrogen and oxygen atoms in total. The first-order valence-corrected chi connectivity index (χ1v) is 23.7. The zero-order valence-electron chi connectivity index (χ0n) is 36.5. The van der Waals surface area contributed by atoms with Crippen LogP contribution in [0.25, 0.3) is 0 Å². The first-order chi connectivity index (χ1) is 28.9. The number of ether oxygens (including phenoxy) is 2. The highest BCUT2D eigenvalue weighted by atomic mass is 31.2. The van der Waals surface area contributed by atoms with Gasteiger partial charge in [-0.1, -0.05) is 151 Å². The van der Waals surface area contributed by atoms with Crippen LogP contribution in [0.2, 0.25) is 0 Å². The van der Waals surface area contributed by atoms with Gasteiger partial charge in [-0.3, -0.25) is 18.6 Å². The van der Waals surface area contributed by atoms with E-state index in [2.05, 4.69) is 23.6 Å². The van der Waals surface area contributed by atoms with E-state index in [-0.39, 0.29) is 25.7 Å². The molecule has 60 heavy (non-hydrogen) atoms. The van der Waals surface area contributed by atoms with Crippen molar-refractivity contribution >= 4 is 19.8 Å². The molecule has 0 aliphatic heterocycles. The van der Waals surface area contributed by atoms with Crippen LogP contribution in [0.5, 0.6) is 0 Å². The molecule has 0 radical (unpaired) electrons. The van der Waals surface area contributed by atoms with E-state index in [0.29, 0.717) is 12.8 Å². The predicted molar refractivity (Wildman–Crippen MR) is 237 cm³/mol. The second kappa shape index (κ2) is 40.4. The molecule has 0 aromatic heterocycles. The molecule has 0 saturated carbocycles. The van der Waals surface area contributed by atoms with E-state index in [1.165, 1.54) is 63.9 Å². The van der Waals surface area contributed by atoms with Crippen molar-refractivity contribution in [2.75, 3.05) is 26.4 Å². The first kappa shape index (κ1) is 57.3. The summed E-state index contributed by atoms with van der Waals surface area (Å²) in [7, 11) is -4.72. The van der Waals surface area contributed by atoms with Crippen molar-refractivity contribution in [3.8, 4) is 0 Å². The number of unbranched alkanes of at least 4 members (excludes halogenated alkanes) is 13. The van der Waals surface area contributed by atoms with Gasteiger partial charge in [-0.25, -0.2) is 4.57 Å². The van der Waals surface area contributed by atoms with Gasteiger partial charge in [0, 0.05) is 12.8 Å². The molecule has 346 valence electrons. The predicted octanol–water partition coefficient (Wildman–Crippen LogP) is 8.58. The Morgan fingerprint density at radius 1 is 0.617 bits per heavy atom. The smallest absolute Gasteiger partial charge is 0.462 e. The number of hydrogen-bond donors (Lipinski definition) is 6. The van der Waals surface area contributed by atoms with Gasteiger partial charge in [0.05, 0.1) is 38.1 Å². The fraction of sp³-hybridized carbons (Fsp3) is 0.696. The Morgan fingerprint density at radius 2 is 1.17 bits per heavy atom. The highest BCUT2D eigenvalue weighted by Gasteiger charge is 2.27. The number of rotatable bonds is 40. The third-order valence-electron chi connectivity index (χ3n) is 9.19. The second-order valence-corrected chi connectivity index (χ2v) is 16.4. The highest BCUT2D eigenvalue weighted by molar-refractivity contribution is 7.47. The molecule has 0 aliphatic carbocycles. The maximum Gasteiger partial charge on any atom is 0.472 e. The number of aliphatic hydroxyl groups excluding tert-OH is 5. The fourth-order valence-corrected chi connectivity index (χ4v) is 6.41. The summed E-state index contributed by atoms with van der Waals surface area (Å²) in [4.78, 5) is 35.1. The third kappa shape index (κ3) is 38.2. The zero-order chi connectivity index (χ0) is 44.5. The molecule has 14 heteroatoms. The summed E-state index contributed by atoms with van der Waals surface area (Å²) in [5, 5.41) is 48.8. The molecule has 0 aliphatic rings. The number of phosphoric acid groups is 1. The van der Waals surface area contributed by atoms with Crippen molar-refractivity contribution in [3.05, 3.63) is 72.9 Å². The van der Waals surface area contributed by atoms with Crippen LogP contribution in [0.4, 0.5) is 0 Å². The lowest BCUT2D eigenvalue weighted by Gasteiger charge is -2.20. The normalized spacial score (nSPS) is 16.1. The van der Waals surface area contributed by atoms with Crippen molar-refractivity contribution < 1.29 is 63.1 Å². The molecular weight excluding hydrogens is 791 g/mol. The Morgan fingerprint density at radius 3 is 1.78 bits per heavy atom. The molecule has 0 saturated heterocycles. The summed E-state index contributed by atoms with van der Waals surface area (Å²) in [5.41, 5.74) is 0. The van der Waals surface area contributed by atoms with Crippen LogP contribution < -0.4 is 0 Å². The second-order valence-electron chi connectivity index (χ2n) is 14.9. The minimum absolute atomic E-state index is 0.0600. The van der Waals surface area contributed by atoms with Crippen LogP contribution in [0.15, 0.2) is 72.9 Å². The first-order valence-electron chi connectivity index (χ1n) is 22.2. The molecule has 0 bridgehead atoms. The van der Waals surface area contributed by atoms with Gasteiger partial charge in [-0.15, -0.1) is 0 Å². The van der Waals surface area contributed by atoms with Crippen molar-refractivity contribution in [3.63, 3.8) is 0 Å². The van der Waals surface area contributed by atoms with E-state index in [9.17, 15) is 39.5 Å². The highest BCUT2D eigenvalue weighted by Crippen LogP contribution is 2.43. The summed E-state index contributed by atoms with van der Waals surface area (Å²) in [6, 6.07) is 0. The third-order valence-corrected chi connectivity index (χ3v) is 10.1. The van der Waals surface area contributed by atoms with Gasteiger partial charge >= 0.3 is 19.8 Å². The number of allylic oxidation sites excluding steroid dienone is 9. The van der Waals surface area contributed by atoms with E-state index in [1.54, 1.807) is 42.5 Å². The average molecular weight is 871 g/mol. The van der Waals surface area contributed by atoms with Gasteiger partial charge in [-0.2, -0.15) is 0 Å². The molecule has 1 unspecified atom stereocenters. The van der Waals surface area contributed by atoms with E-state index >= 15 is 0 Å². The molecular formula is C46H79O13P. The molecule has 0 rings (SSSR count). The Labute approximate surface area is 360 Å². The van der Waals surface area contributed by atoms with Crippen LogP contribution in [-0.2, 0) is 32.7 Å². The van der Waals surface area contributed by atoms with Gasteiger partial charge in [-0.05, 0) is 57.8 Å². The Kier molecular flexibility index (Phi) is 38.5. The monoisotopic (exact) mass is 871 g/mol. The lowest BCUT2D eigenvalue weighted by atomic mass is 10.1. The maximum absolute atomic E-state index is 12.6. The number of hydrogen-bond acceptors (Lipinski definition) is 12. The minimum atomic E-state index is -4.72. The Balaban J connectivity index is 4.62. The standard InChI is InChI=1S/C46H79O13P/c1-3-5-7-8-9-10-11-12-13-14-15-16-17-18-19-24-28-34-45(52)56-38-42(39-58-60(54,55)57-37-41(49)36-47)59-46(53)35-29-33-44(51)43(50)32-27-23-21-20-22-26-31-40(48)30-25-6-4-2/h6,12-13,20-23,25-27,31-32,40-44,47-51H,3-5,7-11,14-19,24,28-30,33-39H2,1-2H3,(H,54,55)/b13-12-,22-20+,23-21-,25-6-,31-26+,32-27-/t40-,41-,42+,43+,44+/m0/s1. The summed E-state index contributed by atoms with van der Waals surface area (Å²) in [6.07, 6.45) is 35.2. The van der Waals surface area contributed by atoms with Crippen LogP contribution in [0, 0.1) is 0 Å². The summed E-state index contributed by atoms with van der Waals surface area (Å²) < 4.78 is 32.5. The number of carbonyl (C=O) groups is 2. The average Bonchev–Trinajstić information content (AvgIpc) is 3.22. The van der Waals surface area contributed by atoms with Crippen LogP contribution in [-0.4, -0.2) is 99.3 Å². The van der Waals surface area contributed by atoms with Crippen LogP contribution in [0.1, 0.15) is 149 Å². The van der Waals surface area contributed by atoms with E-state index in [1.807, 2.05) is 19.1 Å². The Bertz CT molecular complexity index is 1280. The van der Waals surface area contributed by atoms with Gasteiger partial charge in [0.25, 0.3) is 0 Å². The van der Waals surface area contributed by atoms with E-state index in [0.717, 1.165) is 38.5 Å². The lowest BCUT2D eigenvalue weighted by molar-refractivity contribution is -0.161. The number of aliphatic hydroxyl groups is 5. The molecule has 6 atom stereocenters. The fourth-order valence-electron chi connectivity index (χ4n) is 5.62. The maximum atomic E-state index is 12.6. The number of esters is 2. The van der Waals surface area contributed by atoms with Gasteiger partial charge < -0.3 is 39.9 Å². The summed E-state index contributed by atoms with van der Waals surface area (Å²) >= 11 is 0. The topological polar surface area (TPSA) is 210 Å². The zero-order valence-corrected chi connectivity index (χ0v) is 37.4. The molecule has 0 amide bonds. The van der Waals surface area contributed by atoms with Gasteiger partial charge in [0.2, 0.25) is 0 Å².